The van der Waals surface area contributed by atoms with Gasteiger partial charge in [0.1, 0.15) is 5.82 Å². The van der Waals surface area contributed by atoms with Crippen molar-refractivity contribution in [3.63, 3.8) is 0 Å². The number of amides is 1. The Labute approximate surface area is 123 Å². The van der Waals surface area contributed by atoms with E-state index in [0.29, 0.717) is 36.0 Å². The molecule has 2 rings (SSSR count). The number of nitrogens with one attached hydrogen (secondary N) is 2. The Hall–Kier alpha value is -1.98. The van der Waals surface area contributed by atoms with Gasteiger partial charge in [-0.25, -0.2) is 4.39 Å². The number of hydrogen-bond acceptors (Lipinski definition) is 3. The van der Waals surface area contributed by atoms with Gasteiger partial charge in [0.05, 0.1) is 6.10 Å². The third kappa shape index (κ3) is 4.00. The first-order valence-corrected chi connectivity index (χ1v) is 6.94. The molecule has 0 saturated carbocycles. The van der Waals surface area contributed by atoms with Crippen LogP contribution in [0.15, 0.2) is 36.4 Å². The van der Waals surface area contributed by atoms with E-state index in [0.717, 1.165) is 0 Å². The summed E-state index contributed by atoms with van der Waals surface area (Å²) in [6.07, 6.45) is -0.415. The first kappa shape index (κ1) is 15.4. The van der Waals surface area contributed by atoms with Gasteiger partial charge in [-0.05, 0) is 24.4 Å². The summed E-state index contributed by atoms with van der Waals surface area (Å²) < 4.78 is 13.7. The number of carbonyl (C=O) groups is 1. The second-order valence-electron chi connectivity index (χ2n) is 4.95. The molecule has 2 aromatic carbocycles. The van der Waals surface area contributed by atoms with Crippen LogP contribution >= 0.6 is 0 Å². The fourth-order valence-electron chi connectivity index (χ4n) is 2.13. The molecule has 0 bridgehead atoms. The molecule has 0 fully saturated rings. The van der Waals surface area contributed by atoms with Gasteiger partial charge < -0.3 is 15.7 Å². The van der Waals surface area contributed by atoms with Crippen molar-refractivity contribution in [3.8, 4) is 0 Å². The smallest absolute Gasteiger partial charge is 0.251 e. The summed E-state index contributed by atoms with van der Waals surface area (Å²) in [5.74, 6) is -0.564. The van der Waals surface area contributed by atoms with Crippen LogP contribution in [0.5, 0.6) is 0 Å². The molecule has 0 radical (unpaired) electrons. The van der Waals surface area contributed by atoms with E-state index in [1.54, 1.807) is 31.2 Å². The summed E-state index contributed by atoms with van der Waals surface area (Å²) >= 11 is 0. The van der Waals surface area contributed by atoms with Crippen LogP contribution in [0, 0.1) is 5.82 Å². The van der Waals surface area contributed by atoms with Gasteiger partial charge in [-0.2, -0.15) is 0 Å². The van der Waals surface area contributed by atoms with Crippen molar-refractivity contribution in [2.45, 2.75) is 13.0 Å². The largest absolute Gasteiger partial charge is 0.392 e. The van der Waals surface area contributed by atoms with Crippen LogP contribution in [0.25, 0.3) is 10.8 Å². The zero-order chi connectivity index (χ0) is 15.2. The second-order valence-corrected chi connectivity index (χ2v) is 4.95. The number of benzene rings is 2. The summed E-state index contributed by atoms with van der Waals surface area (Å²) in [6, 6.07) is 9.72. The molecular weight excluding hydrogens is 271 g/mol. The van der Waals surface area contributed by atoms with Gasteiger partial charge in [0.2, 0.25) is 0 Å². The number of aliphatic hydroxyl groups excluding tert-OH is 1. The van der Waals surface area contributed by atoms with Crippen molar-refractivity contribution in [2.24, 2.45) is 0 Å². The van der Waals surface area contributed by atoms with Gasteiger partial charge in [-0.15, -0.1) is 0 Å². The molecule has 1 amide bonds. The van der Waals surface area contributed by atoms with E-state index in [4.69, 9.17) is 5.11 Å². The standard InChI is InChI=1S/C16H19FN2O2/c1-11(20)10-18-8-9-19-16(21)14-6-7-15(17)13-5-3-2-4-12(13)14/h2-7,11,18,20H,8-10H2,1H3,(H,19,21). The van der Waals surface area contributed by atoms with Gasteiger partial charge in [0, 0.05) is 30.6 Å². The van der Waals surface area contributed by atoms with E-state index in [9.17, 15) is 9.18 Å². The molecule has 0 aromatic heterocycles. The minimum atomic E-state index is -0.415. The molecule has 4 nitrogen and oxygen atoms in total. The summed E-state index contributed by atoms with van der Waals surface area (Å²) in [6.45, 7) is 3.18. The molecule has 5 heteroatoms. The monoisotopic (exact) mass is 290 g/mol. The molecule has 112 valence electrons. The van der Waals surface area contributed by atoms with E-state index in [1.165, 1.54) is 12.1 Å². The second kappa shape index (κ2) is 7.15. The van der Waals surface area contributed by atoms with Crippen LogP contribution in [0.4, 0.5) is 4.39 Å². The molecule has 1 unspecified atom stereocenters. The Kier molecular flexibility index (Phi) is 5.25. The van der Waals surface area contributed by atoms with Crippen molar-refractivity contribution in [3.05, 3.63) is 47.8 Å². The quantitative estimate of drug-likeness (QED) is 0.709. The van der Waals surface area contributed by atoms with E-state index in [1.807, 2.05) is 0 Å². The fourth-order valence-corrected chi connectivity index (χ4v) is 2.13. The normalized spacial score (nSPS) is 12.3. The molecule has 0 saturated heterocycles. The molecule has 0 heterocycles. The van der Waals surface area contributed by atoms with E-state index < -0.39 is 6.10 Å². The Balaban J connectivity index is 2.02. The Morgan fingerprint density at radius 3 is 2.62 bits per heavy atom. The minimum Gasteiger partial charge on any atom is -0.392 e. The van der Waals surface area contributed by atoms with Crippen LogP contribution in [0.2, 0.25) is 0 Å². The first-order chi connectivity index (χ1) is 10.1. The molecule has 21 heavy (non-hydrogen) atoms. The van der Waals surface area contributed by atoms with Crippen molar-refractivity contribution < 1.29 is 14.3 Å². The molecule has 0 aliphatic carbocycles. The molecule has 0 aliphatic rings. The Morgan fingerprint density at radius 2 is 1.90 bits per heavy atom. The highest BCUT2D eigenvalue weighted by Crippen LogP contribution is 2.21. The molecule has 3 N–H and O–H groups in total. The Bertz CT molecular complexity index is 629. The van der Waals surface area contributed by atoms with E-state index >= 15 is 0 Å². The number of fused-ring (bicyclic) bond motifs is 1. The van der Waals surface area contributed by atoms with Crippen molar-refractivity contribution in [2.75, 3.05) is 19.6 Å². The van der Waals surface area contributed by atoms with E-state index in [-0.39, 0.29) is 11.7 Å². The lowest BCUT2D eigenvalue weighted by Gasteiger charge is -2.10. The van der Waals surface area contributed by atoms with E-state index in [2.05, 4.69) is 10.6 Å². The topological polar surface area (TPSA) is 61.4 Å². The van der Waals surface area contributed by atoms with Crippen molar-refractivity contribution >= 4 is 16.7 Å². The maximum absolute atomic E-state index is 13.7. The molecule has 1 atom stereocenters. The van der Waals surface area contributed by atoms with Crippen molar-refractivity contribution in [1.82, 2.24) is 10.6 Å². The van der Waals surface area contributed by atoms with Gasteiger partial charge in [-0.3, -0.25) is 4.79 Å². The highest BCUT2D eigenvalue weighted by molar-refractivity contribution is 6.07. The number of halogens is 1. The van der Waals surface area contributed by atoms with Crippen molar-refractivity contribution in [1.29, 1.82) is 0 Å². The molecule has 2 aromatic rings. The van der Waals surface area contributed by atoms with Gasteiger partial charge in [0.25, 0.3) is 5.91 Å². The van der Waals surface area contributed by atoms with Gasteiger partial charge in [-0.1, -0.05) is 24.3 Å². The fraction of sp³-hybridized carbons (Fsp3) is 0.312. The predicted molar refractivity (Wildman–Crippen MR) is 80.8 cm³/mol. The lowest BCUT2D eigenvalue weighted by molar-refractivity contribution is 0.0955. The van der Waals surface area contributed by atoms with Crippen LogP contribution in [-0.4, -0.2) is 36.8 Å². The summed E-state index contributed by atoms with van der Waals surface area (Å²) in [4.78, 5) is 12.2. The zero-order valence-corrected chi connectivity index (χ0v) is 11.9. The van der Waals surface area contributed by atoms with Crippen LogP contribution < -0.4 is 10.6 Å². The number of rotatable bonds is 6. The van der Waals surface area contributed by atoms with Gasteiger partial charge in [0.15, 0.2) is 0 Å². The Morgan fingerprint density at radius 1 is 1.19 bits per heavy atom. The van der Waals surface area contributed by atoms with Crippen LogP contribution in [-0.2, 0) is 0 Å². The lowest BCUT2D eigenvalue weighted by Crippen LogP contribution is -2.34. The predicted octanol–water partition coefficient (Wildman–Crippen LogP) is 1.68. The van der Waals surface area contributed by atoms with Gasteiger partial charge >= 0.3 is 0 Å². The highest BCUT2D eigenvalue weighted by atomic mass is 19.1. The van der Waals surface area contributed by atoms with Crippen LogP contribution in [0.3, 0.4) is 0 Å². The SMILES string of the molecule is CC(O)CNCCNC(=O)c1ccc(F)c2ccccc12. The average Bonchev–Trinajstić information content (AvgIpc) is 2.47. The molecule has 0 aliphatic heterocycles. The number of hydrogen-bond donors (Lipinski definition) is 3. The number of carbonyl (C=O) groups excluding carboxylic acids is 1. The molecule has 0 spiro atoms. The molecular formula is C16H19FN2O2. The first-order valence-electron chi connectivity index (χ1n) is 6.94. The minimum absolute atomic E-state index is 0.231. The summed E-state index contributed by atoms with van der Waals surface area (Å²) in [5.41, 5.74) is 0.461. The summed E-state index contributed by atoms with van der Waals surface area (Å²) in [5, 5.41) is 15.9. The third-order valence-corrected chi connectivity index (χ3v) is 3.14. The average molecular weight is 290 g/mol. The number of aliphatic hydroxyl groups is 1. The summed E-state index contributed by atoms with van der Waals surface area (Å²) in [7, 11) is 0. The maximum atomic E-state index is 13.7. The lowest BCUT2D eigenvalue weighted by atomic mass is 10.0. The zero-order valence-electron chi connectivity index (χ0n) is 11.9. The maximum Gasteiger partial charge on any atom is 0.251 e. The third-order valence-electron chi connectivity index (χ3n) is 3.14. The highest BCUT2D eigenvalue weighted by Gasteiger charge is 2.11. The van der Waals surface area contributed by atoms with Crippen LogP contribution in [0.1, 0.15) is 17.3 Å².